The summed E-state index contributed by atoms with van der Waals surface area (Å²) >= 11 is 5.95. The van der Waals surface area contributed by atoms with Crippen molar-refractivity contribution in [2.75, 3.05) is 6.61 Å². The minimum absolute atomic E-state index is 0.772. The van der Waals surface area contributed by atoms with Gasteiger partial charge in [-0.25, -0.2) is 0 Å². The van der Waals surface area contributed by atoms with Gasteiger partial charge in [0.25, 0.3) is 0 Å². The van der Waals surface area contributed by atoms with E-state index < -0.39 is 0 Å². The molecule has 1 aromatic carbocycles. The van der Waals surface area contributed by atoms with Crippen LogP contribution in [0.1, 0.15) is 25.3 Å². The van der Waals surface area contributed by atoms with Crippen LogP contribution in [0.3, 0.4) is 0 Å². The number of halogens is 1. The second-order valence-electron chi connectivity index (χ2n) is 3.06. The Bertz CT molecular complexity index is 271. The standard InChI is InChI=1S/C11H15ClO/c1-3-4-8-13-11-7-5-6-10(12)9(11)2/h5-7H,3-4,8H2,1-2H3. The van der Waals surface area contributed by atoms with Crippen LogP contribution in [-0.2, 0) is 0 Å². The molecule has 1 nitrogen and oxygen atoms in total. The lowest BCUT2D eigenvalue weighted by atomic mass is 10.2. The molecule has 1 aromatic rings. The van der Waals surface area contributed by atoms with E-state index in [0.717, 1.165) is 35.8 Å². The van der Waals surface area contributed by atoms with Gasteiger partial charge in [-0.3, -0.25) is 0 Å². The minimum Gasteiger partial charge on any atom is -0.493 e. The number of rotatable bonds is 4. The molecule has 0 amide bonds. The number of unbranched alkanes of at least 4 members (excludes halogenated alkanes) is 1. The van der Waals surface area contributed by atoms with Gasteiger partial charge < -0.3 is 4.74 Å². The molecule has 0 aliphatic rings. The van der Waals surface area contributed by atoms with E-state index in [1.807, 2.05) is 25.1 Å². The summed E-state index contributed by atoms with van der Waals surface area (Å²) in [6, 6.07) is 5.75. The van der Waals surface area contributed by atoms with E-state index in [2.05, 4.69) is 6.92 Å². The molecular formula is C11H15ClO. The molecule has 0 saturated carbocycles. The Morgan fingerprint density at radius 1 is 1.38 bits per heavy atom. The first-order valence-corrected chi connectivity index (χ1v) is 5.01. The first kappa shape index (κ1) is 10.4. The van der Waals surface area contributed by atoms with E-state index in [1.165, 1.54) is 0 Å². The highest BCUT2D eigenvalue weighted by Crippen LogP contribution is 2.24. The third-order valence-corrected chi connectivity index (χ3v) is 2.38. The summed E-state index contributed by atoms with van der Waals surface area (Å²) in [4.78, 5) is 0. The predicted molar refractivity (Wildman–Crippen MR) is 56.6 cm³/mol. The van der Waals surface area contributed by atoms with E-state index in [-0.39, 0.29) is 0 Å². The average molecular weight is 199 g/mol. The smallest absolute Gasteiger partial charge is 0.123 e. The van der Waals surface area contributed by atoms with Crippen molar-refractivity contribution in [2.45, 2.75) is 26.7 Å². The second-order valence-corrected chi connectivity index (χ2v) is 3.47. The molecule has 0 fully saturated rings. The molecule has 0 heterocycles. The van der Waals surface area contributed by atoms with E-state index in [9.17, 15) is 0 Å². The van der Waals surface area contributed by atoms with Gasteiger partial charge in [-0.15, -0.1) is 0 Å². The van der Waals surface area contributed by atoms with Crippen LogP contribution in [0.25, 0.3) is 0 Å². The van der Waals surface area contributed by atoms with Gasteiger partial charge in [0.1, 0.15) is 5.75 Å². The zero-order valence-corrected chi connectivity index (χ0v) is 8.90. The van der Waals surface area contributed by atoms with Crippen LogP contribution in [0.2, 0.25) is 5.02 Å². The summed E-state index contributed by atoms with van der Waals surface area (Å²) in [5.41, 5.74) is 1.03. The van der Waals surface area contributed by atoms with Crippen LogP contribution in [0, 0.1) is 6.92 Å². The Labute approximate surface area is 84.7 Å². The third kappa shape index (κ3) is 2.92. The molecule has 0 atom stereocenters. The minimum atomic E-state index is 0.772. The Hall–Kier alpha value is -0.690. The van der Waals surface area contributed by atoms with Gasteiger partial charge in [0.15, 0.2) is 0 Å². The van der Waals surface area contributed by atoms with Crippen LogP contribution in [0.15, 0.2) is 18.2 Å². The van der Waals surface area contributed by atoms with Crippen LogP contribution in [0.5, 0.6) is 5.75 Å². The Morgan fingerprint density at radius 2 is 2.15 bits per heavy atom. The van der Waals surface area contributed by atoms with Crippen molar-refractivity contribution in [2.24, 2.45) is 0 Å². The van der Waals surface area contributed by atoms with E-state index >= 15 is 0 Å². The molecule has 0 bridgehead atoms. The van der Waals surface area contributed by atoms with Crippen LogP contribution < -0.4 is 4.74 Å². The molecule has 0 N–H and O–H groups in total. The second kappa shape index (κ2) is 5.13. The lowest BCUT2D eigenvalue weighted by Crippen LogP contribution is -1.98. The molecule has 0 aliphatic heterocycles. The normalized spacial score (nSPS) is 10.1. The maximum atomic E-state index is 5.95. The molecular weight excluding hydrogens is 184 g/mol. The van der Waals surface area contributed by atoms with Crippen LogP contribution >= 0.6 is 11.6 Å². The van der Waals surface area contributed by atoms with Crippen molar-refractivity contribution in [1.82, 2.24) is 0 Å². The van der Waals surface area contributed by atoms with Gasteiger partial charge in [-0.05, 0) is 25.5 Å². The summed E-state index contributed by atoms with van der Waals surface area (Å²) in [5.74, 6) is 0.904. The third-order valence-electron chi connectivity index (χ3n) is 1.97. The van der Waals surface area contributed by atoms with Gasteiger partial charge in [0.05, 0.1) is 6.61 Å². The summed E-state index contributed by atoms with van der Waals surface area (Å²) in [6.07, 6.45) is 2.24. The highest BCUT2D eigenvalue weighted by molar-refractivity contribution is 6.31. The van der Waals surface area contributed by atoms with E-state index in [1.54, 1.807) is 0 Å². The van der Waals surface area contributed by atoms with E-state index in [4.69, 9.17) is 16.3 Å². The Morgan fingerprint density at radius 3 is 2.85 bits per heavy atom. The molecule has 0 radical (unpaired) electrons. The zero-order chi connectivity index (χ0) is 9.68. The number of hydrogen-bond acceptors (Lipinski definition) is 1. The molecule has 0 aromatic heterocycles. The quantitative estimate of drug-likeness (QED) is 0.669. The van der Waals surface area contributed by atoms with Crippen LogP contribution in [-0.4, -0.2) is 6.61 Å². The van der Waals surface area contributed by atoms with Gasteiger partial charge in [-0.2, -0.15) is 0 Å². The summed E-state index contributed by atoms with van der Waals surface area (Å²) < 4.78 is 5.57. The van der Waals surface area contributed by atoms with Gasteiger partial charge in [0.2, 0.25) is 0 Å². The molecule has 1 rings (SSSR count). The maximum Gasteiger partial charge on any atom is 0.123 e. The van der Waals surface area contributed by atoms with Crippen molar-refractivity contribution in [3.63, 3.8) is 0 Å². The fraction of sp³-hybridized carbons (Fsp3) is 0.455. The van der Waals surface area contributed by atoms with Gasteiger partial charge in [0, 0.05) is 10.6 Å². The molecule has 0 saturated heterocycles. The maximum absolute atomic E-state index is 5.95. The van der Waals surface area contributed by atoms with Crippen LogP contribution in [0.4, 0.5) is 0 Å². The van der Waals surface area contributed by atoms with Gasteiger partial charge in [-0.1, -0.05) is 31.0 Å². The van der Waals surface area contributed by atoms with Crippen molar-refractivity contribution in [3.05, 3.63) is 28.8 Å². The number of ether oxygens (including phenoxy) is 1. The first-order valence-electron chi connectivity index (χ1n) is 4.63. The predicted octanol–water partition coefficient (Wildman–Crippen LogP) is 3.83. The van der Waals surface area contributed by atoms with Crippen molar-refractivity contribution in [1.29, 1.82) is 0 Å². The summed E-state index contributed by atoms with van der Waals surface area (Å²) in [6.45, 7) is 4.90. The van der Waals surface area contributed by atoms with E-state index in [0.29, 0.717) is 0 Å². The largest absolute Gasteiger partial charge is 0.493 e. The van der Waals surface area contributed by atoms with Crippen molar-refractivity contribution < 1.29 is 4.74 Å². The fourth-order valence-electron chi connectivity index (χ4n) is 1.07. The lowest BCUT2D eigenvalue weighted by Gasteiger charge is -2.08. The molecule has 0 aliphatic carbocycles. The Balaban J connectivity index is 2.61. The van der Waals surface area contributed by atoms with Gasteiger partial charge >= 0.3 is 0 Å². The highest BCUT2D eigenvalue weighted by atomic mass is 35.5. The molecule has 2 heteroatoms. The SMILES string of the molecule is CCCCOc1cccc(Cl)c1C. The zero-order valence-electron chi connectivity index (χ0n) is 8.14. The first-order chi connectivity index (χ1) is 6.25. The molecule has 72 valence electrons. The highest BCUT2D eigenvalue weighted by Gasteiger charge is 2.01. The lowest BCUT2D eigenvalue weighted by molar-refractivity contribution is 0.307. The van der Waals surface area contributed by atoms with Crippen molar-refractivity contribution in [3.8, 4) is 5.75 Å². The Kier molecular flexibility index (Phi) is 4.10. The average Bonchev–Trinajstić information content (AvgIpc) is 2.13. The summed E-state index contributed by atoms with van der Waals surface area (Å²) in [7, 11) is 0. The molecule has 13 heavy (non-hydrogen) atoms. The molecule has 0 unspecified atom stereocenters. The fourth-order valence-corrected chi connectivity index (χ4v) is 1.24. The topological polar surface area (TPSA) is 9.23 Å². The van der Waals surface area contributed by atoms with Crippen molar-refractivity contribution >= 4 is 11.6 Å². The monoisotopic (exact) mass is 198 g/mol. The number of benzene rings is 1. The summed E-state index contributed by atoms with van der Waals surface area (Å²) in [5, 5.41) is 0.772. The molecule has 0 spiro atoms. The number of hydrogen-bond donors (Lipinski definition) is 0.